The first-order chi connectivity index (χ1) is 12.6. The molecule has 0 aromatic carbocycles. The van der Waals surface area contributed by atoms with E-state index in [1.54, 1.807) is 18.4 Å². The average Bonchev–Trinajstić information content (AvgIpc) is 3.24. The Balaban J connectivity index is 1.44. The molecule has 26 heavy (non-hydrogen) atoms. The summed E-state index contributed by atoms with van der Waals surface area (Å²) in [6, 6.07) is 1.62. The molecule has 2 heterocycles. The number of hydrogen-bond acceptors (Lipinski definition) is 5. The second-order valence-electron chi connectivity index (χ2n) is 6.37. The van der Waals surface area contributed by atoms with Crippen molar-refractivity contribution in [3.63, 3.8) is 0 Å². The molecule has 2 aromatic heterocycles. The third-order valence-corrected chi connectivity index (χ3v) is 5.18. The number of nitrogens with one attached hydrogen (secondary N) is 2. The number of aryl methyl sites for hydroxylation is 1. The third-order valence-electron chi connectivity index (χ3n) is 4.37. The highest BCUT2D eigenvalue weighted by Crippen LogP contribution is 2.20. The minimum absolute atomic E-state index is 0.0461. The molecule has 0 saturated carbocycles. The molecular weight excluding hydrogens is 350 g/mol. The van der Waals surface area contributed by atoms with E-state index in [2.05, 4.69) is 21.7 Å². The molecule has 1 aliphatic carbocycles. The summed E-state index contributed by atoms with van der Waals surface area (Å²) in [7, 11) is 0. The predicted molar refractivity (Wildman–Crippen MR) is 101 cm³/mol. The first kappa shape index (κ1) is 18.4. The van der Waals surface area contributed by atoms with E-state index in [1.165, 1.54) is 36.0 Å². The van der Waals surface area contributed by atoms with Crippen LogP contribution >= 0.6 is 11.3 Å². The summed E-state index contributed by atoms with van der Waals surface area (Å²) in [5.41, 5.74) is 2.59. The molecule has 0 spiro atoms. The zero-order valence-electron chi connectivity index (χ0n) is 14.8. The molecule has 7 heteroatoms. The molecule has 2 aromatic rings. The summed E-state index contributed by atoms with van der Waals surface area (Å²) in [6.45, 7) is 2.40. The van der Waals surface area contributed by atoms with E-state index in [4.69, 9.17) is 4.42 Å². The molecular formula is C19H23N3O3S. The monoisotopic (exact) mass is 373 g/mol. The van der Waals surface area contributed by atoms with Gasteiger partial charge in [0.05, 0.1) is 23.9 Å². The standard InChI is InChI=1S/C19H23N3O3S/c1-13-16(8-10-25-13)18(24)22-19-21-15(12-26-19)11-17(23)20-9-7-14-5-3-2-4-6-14/h5,8,10,12H,2-4,6-7,9,11H2,1H3,(H,20,23)(H,21,22,24). The number of thiazole rings is 1. The van der Waals surface area contributed by atoms with E-state index < -0.39 is 0 Å². The minimum atomic E-state index is -0.262. The molecule has 0 bridgehead atoms. The highest BCUT2D eigenvalue weighted by Gasteiger charge is 2.14. The van der Waals surface area contributed by atoms with Gasteiger partial charge >= 0.3 is 0 Å². The summed E-state index contributed by atoms with van der Waals surface area (Å²) >= 11 is 1.31. The minimum Gasteiger partial charge on any atom is -0.469 e. The summed E-state index contributed by atoms with van der Waals surface area (Å²) < 4.78 is 5.13. The van der Waals surface area contributed by atoms with Gasteiger partial charge in [-0.3, -0.25) is 14.9 Å². The van der Waals surface area contributed by atoms with Crippen LogP contribution in [0.25, 0.3) is 0 Å². The quantitative estimate of drug-likeness (QED) is 0.722. The average molecular weight is 373 g/mol. The largest absolute Gasteiger partial charge is 0.469 e. The summed E-state index contributed by atoms with van der Waals surface area (Å²) in [5.74, 6) is 0.254. The lowest BCUT2D eigenvalue weighted by atomic mass is 9.97. The van der Waals surface area contributed by atoms with Crippen LogP contribution in [-0.4, -0.2) is 23.3 Å². The van der Waals surface area contributed by atoms with Gasteiger partial charge in [0, 0.05) is 11.9 Å². The number of amides is 2. The number of carbonyl (C=O) groups excluding carboxylic acids is 2. The molecule has 0 atom stereocenters. The third kappa shape index (κ3) is 5.05. The van der Waals surface area contributed by atoms with Crippen molar-refractivity contribution in [1.82, 2.24) is 10.3 Å². The molecule has 2 amide bonds. The highest BCUT2D eigenvalue weighted by atomic mass is 32.1. The zero-order valence-corrected chi connectivity index (χ0v) is 15.7. The van der Waals surface area contributed by atoms with Gasteiger partial charge in [0.1, 0.15) is 5.76 Å². The summed E-state index contributed by atoms with van der Waals surface area (Å²) in [4.78, 5) is 28.5. The van der Waals surface area contributed by atoms with Gasteiger partial charge in [0.15, 0.2) is 5.13 Å². The van der Waals surface area contributed by atoms with E-state index >= 15 is 0 Å². The Morgan fingerprint density at radius 1 is 1.35 bits per heavy atom. The summed E-state index contributed by atoms with van der Waals surface area (Å²) in [5, 5.41) is 7.95. The van der Waals surface area contributed by atoms with Gasteiger partial charge in [-0.05, 0) is 45.1 Å². The fourth-order valence-electron chi connectivity index (χ4n) is 2.95. The highest BCUT2D eigenvalue weighted by molar-refractivity contribution is 7.14. The lowest BCUT2D eigenvalue weighted by molar-refractivity contribution is -0.120. The smallest absolute Gasteiger partial charge is 0.260 e. The molecule has 0 saturated heterocycles. The maximum atomic E-state index is 12.1. The van der Waals surface area contributed by atoms with Gasteiger partial charge in [-0.1, -0.05) is 11.6 Å². The normalized spacial score (nSPS) is 14.0. The van der Waals surface area contributed by atoms with Crippen LogP contribution < -0.4 is 10.6 Å². The van der Waals surface area contributed by atoms with Crippen LogP contribution in [0.2, 0.25) is 0 Å². The van der Waals surface area contributed by atoms with Crippen molar-refractivity contribution in [2.24, 2.45) is 0 Å². The lowest BCUT2D eigenvalue weighted by Gasteiger charge is -2.12. The van der Waals surface area contributed by atoms with E-state index in [1.807, 2.05) is 0 Å². The predicted octanol–water partition coefficient (Wildman–Crippen LogP) is 3.85. The van der Waals surface area contributed by atoms with E-state index in [0.717, 1.165) is 19.3 Å². The van der Waals surface area contributed by atoms with Gasteiger partial charge in [-0.25, -0.2) is 4.98 Å². The Bertz CT molecular complexity index is 807. The van der Waals surface area contributed by atoms with Crippen molar-refractivity contribution in [2.75, 3.05) is 11.9 Å². The number of rotatable bonds is 7. The molecule has 3 rings (SSSR count). The van der Waals surface area contributed by atoms with Crippen LogP contribution in [0.1, 0.15) is 53.9 Å². The zero-order chi connectivity index (χ0) is 18.4. The van der Waals surface area contributed by atoms with Crippen molar-refractivity contribution in [1.29, 1.82) is 0 Å². The first-order valence-corrected chi connectivity index (χ1v) is 9.74. The van der Waals surface area contributed by atoms with Crippen LogP contribution in [0, 0.1) is 6.92 Å². The number of anilines is 1. The number of nitrogens with zero attached hydrogens (tertiary/aromatic N) is 1. The van der Waals surface area contributed by atoms with E-state index in [0.29, 0.717) is 28.7 Å². The maximum absolute atomic E-state index is 12.1. The molecule has 2 N–H and O–H groups in total. The Labute approximate surface area is 156 Å². The fourth-order valence-corrected chi connectivity index (χ4v) is 3.66. The SMILES string of the molecule is Cc1occc1C(=O)Nc1nc(CC(=O)NCCC2=CCCCC2)cs1. The van der Waals surface area contributed by atoms with E-state index in [-0.39, 0.29) is 18.2 Å². The van der Waals surface area contributed by atoms with Gasteiger partial charge in [0.2, 0.25) is 5.91 Å². The lowest BCUT2D eigenvalue weighted by Crippen LogP contribution is -2.26. The summed E-state index contributed by atoms with van der Waals surface area (Å²) in [6.07, 6.45) is 9.77. The van der Waals surface area contributed by atoms with Crippen molar-refractivity contribution in [2.45, 2.75) is 45.4 Å². The molecule has 0 aliphatic heterocycles. The maximum Gasteiger partial charge on any atom is 0.260 e. The molecule has 138 valence electrons. The topological polar surface area (TPSA) is 84.2 Å². The van der Waals surface area contributed by atoms with Crippen molar-refractivity contribution >= 4 is 28.3 Å². The van der Waals surface area contributed by atoms with Crippen molar-refractivity contribution < 1.29 is 14.0 Å². The van der Waals surface area contributed by atoms with Crippen LogP contribution in [0.4, 0.5) is 5.13 Å². The van der Waals surface area contributed by atoms with E-state index in [9.17, 15) is 9.59 Å². The number of carbonyl (C=O) groups is 2. The fraction of sp³-hybridized carbons (Fsp3) is 0.421. The van der Waals surface area contributed by atoms with Crippen LogP contribution in [-0.2, 0) is 11.2 Å². The molecule has 0 fully saturated rings. The van der Waals surface area contributed by atoms with Crippen LogP contribution in [0.3, 0.4) is 0 Å². The molecule has 1 aliphatic rings. The number of aromatic nitrogens is 1. The van der Waals surface area contributed by atoms with Crippen molar-refractivity contribution in [3.05, 3.63) is 46.4 Å². The Kier molecular flexibility index (Phi) is 6.22. The molecule has 6 nitrogen and oxygen atoms in total. The van der Waals surface area contributed by atoms with Crippen molar-refractivity contribution in [3.8, 4) is 0 Å². The number of allylic oxidation sites excluding steroid dienone is 1. The van der Waals surface area contributed by atoms with Gasteiger partial charge in [-0.15, -0.1) is 11.3 Å². The number of hydrogen-bond donors (Lipinski definition) is 2. The van der Waals surface area contributed by atoms with Crippen LogP contribution in [0.5, 0.6) is 0 Å². The van der Waals surface area contributed by atoms with Gasteiger partial charge < -0.3 is 9.73 Å². The van der Waals surface area contributed by atoms with Gasteiger partial charge in [-0.2, -0.15) is 0 Å². The second kappa shape index (κ2) is 8.80. The van der Waals surface area contributed by atoms with Gasteiger partial charge in [0.25, 0.3) is 5.91 Å². The van der Waals surface area contributed by atoms with Crippen LogP contribution in [0.15, 0.2) is 33.8 Å². The molecule has 0 radical (unpaired) electrons. The Hall–Kier alpha value is -2.41. The Morgan fingerprint density at radius 3 is 2.96 bits per heavy atom. The first-order valence-electron chi connectivity index (χ1n) is 8.86. The Morgan fingerprint density at radius 2 is 2.23 bits per heavy atom. The molecule has 0 unspecified atom stereocenters. The number of furan rings is 1. The second-order valence-corrected chi connectivity index (χ2v) is 7.23.